The molecule has 1 saturated heterocycles. The fourth-order valence-corrected chi connectivity index (χ4v) is 4.55. The summed E-state index contributed by atoms with van der Waals surface area (Å²) in [6, 6.07) is 24.3. The molecule has 34 heavy (non-hydrogen) atoms. The first-order chi connectivity index (χ1) is 16.6. The Hall–Kier alpha value is -3.93. The van der Waals surface area contributed by atoms with Crippen molar-refractivity contribution < 1.29 is 14.6 Å². The molecule has 1 aliphatic rings. The van der Waals surface area contributed by atoms with E-state index < -0.39 is 5.97 Å². The van der Waals surface area contributed by atoms with Gasteiger partial charge in [0.05, 0.1) is 18.0 Å². The number of rotatable bonds is 6. The zero-order valence-electron chi connectivity index (χ0n) is 19.1. The average molecular weight is 454 g/mol. The second-order valence-electron chi connectivity index (χ2n) is 8.49. The number of para-hydroxylation sites is 2. The van der Waals surface area contributed by atoms with Gasteiger partial charge in [-0.25, -0.2) is 9.97 Å². The van der Waals surface area contributed by atoms with E-state index in [4.69, 9.17) is 14.7 Å². The highest BCUT2D eigenvalue weighted by molar-refractivity contribution is 5.91. The normalized spacial score (nSPS) is 14.3. The van der Waals surface area contributed by atoms with Crippen molar-refractivity contribution in [2.45, 2.75) is 19.8 Å². The van der Waals surface area contributed by atoms with Gasteiger partial charge in [0.15, 0.2) is 5.82 Å². The molecular weight excluding hydrogens is 426 g/mol. The number of carbonyl (C=O) groups is 1. The Morgan fingerprint density at radius 1 is 0.941 bits per heavy atom. The van der Waals surface area contributed by atoms with Gasteiger partial charge >= 0.3 is 5.97 Å². The summed E-state index contributed by atoms with van der Waals surface area (Å²) in [6.45, 7) is 3.94. The third kappa shape index (κ3) is 4.31. The number of benzene rings is 3. The van der Waals surface area contributed by atoms with Crippen LogP contribution in [-0.4, -0.2) is 40.7 Å². The Balaban J connectivity index is 1.49. The van der Waals surface area contributed by atoms with Gasteiger partial charge in [-0.1, -0.05) is 54.6 Å². The number of aromatic nitrogens is 2. The Bertz CT molecular complexity index is 1310. The maximum atomic E-state index is 11.4. The smallest absolute Gasteiger partial charge is 0.306 e. The minimum Gasteiger partial charge on any atom is -0.493 e. The molecular formula is C28H27N3O3. The number of ether oxygens (including phenoxy) is 1. The molecule has 0 atom stereocenters. The van der Waals surface area contributed by atoms with Crippen LogP contribution in [0.1, 0.15) is 19.8 Å². The van der Waals surface area contributed by atoms with E-state index in [0.717, 1.165) is 39.2 Å². The lowest BCUT2D eigenvalue weighted by Crippen LogP contribution is -2.37. The molecule has 4 aromatic rings. The highest BCUT2D eigenvalue weighted by Crippen LogP contribution is 2.33. The number of nitrogens with zero attached hydrogens (tertiary/aromatic N) is 3. The monoisotopic (exact) mass is 453 g/mol. The van der Waals surface area contributed by atoms with Crippen molar-refractivity contribution in [3.63, 3.8) is 0 Å². The molecule has 1 aromatic heterocycles. The van der Waals surface area contributed by atoms with E-state index in [0.29, 0.717) is 38.4 Å². The lowest BCUT2D eigenvalue weighted by Gasteiger charge is -2.31. The summed E-state index contributed by atoms with van der Waals surface area (Å²) in [7, 11) is 0. The van der Waals surface area contributed by atoms with E-state index in [1.807, 2.05) is 61.5 Å². The molecule has 0 spiro atoms. The third-order valence-corrected chi connectivity index (χ3v) is 6.37. The molecule has 0 bridgehead atoms. The number of hydrogen-bond donors (Lipinski definition) is 1. The standard InChI is InChI=1S/C28H27N3O3/c1-2-34-25-10-6-4-7-22(25)19-11-13-20(14-12-19)26-29-24-9-5-3-8-23(24)27(30-26)31-17-15-21(16-18-31)28(32)33/h3-14,21H,2,15-18H2,1H3,(H,32,33). The predicted octanol–water partition coefficient (Wildman–Crippen LogP) is 5.66. The molecule has 172 valence electrons. The van der Waals surface area contributed by atoms with Gasteiger partial charge in [0, 0.05) is 29.6 Å². The molecule has 5 rings (SSSR count). The molecule has 2 heterocycles. The van der Waals surface area contributed by atoms with Gasteiger partial charge in [0.2, 0.25) is 0 Å². The number of carboxylic acid groups (broad SMARTS) is 1. The molecule has 0 unspecified atom stereocenters. The summed E-state index contributed by atoms with van der Waals surface area (Å²) in [4.78, 5) is 23.4. The van der Waals surface area contributed by atoms with E-state index >= 15 is 0 Å². The topological polar surface area (TPSA) is 75.5 Å². The van der Waals surface area contributed by atoms with Crippen LogP contribution >= 0.6 is 0 Å². The first-order valence-electron chi connectivity index (χ1n) is 11.7. The SMILES string of the molecule is CCOc1ccccc1-c1ccc(-c2nc(N3CCC(C(=O)O)CC3)c3ccccc3n2)cc1. The molecule has 6 nitrogen and oxygen atoms in total. The largest absolute Gasteiger partial charge is 0.493 e. The molecule has 0 aliphatic carbocycles. The fraction of sp³-hybridized carbons (Fsp3) is 0.250. The van der Waals surface area contributed by atoms with E-state index in [1.165, 1.54) is 0 Å². The number of piperidine rings is 1. The second kappa shape index (κ2) is 9.51. The number of fused-ring (bicyclic) bond motifs is 1. The molecule has 1 fully saturated rings. The predicted molar refractivity (Wildman–Crippen MR) is 134 cm³/mol. The van der Waals surface area contributed by atoms with E-state index in [2.05, 4.69) is 23.1 Å². The number of carboxylic acids is 1. The van der Waals surface area contributed by atoms with Crippen LogP contribution in [-0.2, 0) is 4.79 Å². The van der Waals surface area contributed by atoms with Gasteiger partial charge in [-0.2, -0.15) is 0 Å². The molecule has 1 aliphatic heterocycles. The molecule has 1 N–H and O–H groups in total. The van der Waals surface area contributed by atoms with Crippen LogP contribution < -0.4 is 9.64 Å². The van der Waals surface area contributed by atoms with Crippen LogP contribution in [0.15, 0.2) is 72.8 Å². The maximum Gasteiger partial charge on any atom is 0.306 e. The van der Waals surface area contributed by atoms with Crippen molar-refractivity contribution >= 4 is 22.7 Å². The van der Waals surface area contributed by atoms with Crippen LogP contribution in [0.25, 0.3) is 33.4 Å². The van der Waals surface area contributed by atoms with Gasteiger partial charge < -0.3 is 14.7 Å². The van der Waals surface area contributed by atoms with Crippen molar-refractivity contribution in [3.05, 3.63) is 72.8 Å². The van der Waals surface area contributed by atoms with E-state index in [-0.39, 0.29) is 5.92 Å². The molecule has 3 aromatic carbocycles. The molecule has 0 amide bonds. The Kier molecular flexibility index (Phi) is 6.12. The third-order valence-electron chi connectivity index (χ3n) is 6.37. The molecule has 0 radical (unpaired) electrons. The zero-order chi connectivity index (χ0) is 23.5. The Morgan fingerprint density at radius 3 is 2.35 bits per heavy atom. The molecule has 0 saturated carbocycles. The van der Waals surface area contributed by atoms with Crippen molar-refractivity contribution in [1.29, 1.82) is 0 Å². The van der Waals surface area contributed by atoms with Crippen LogP contribution in [0.3, 0.4) is 0 Å². The van der Waals surface area contributed by atoms with Gasteiger partial charge in [-0.15, -0.1) is 0 Å². The first kappa shape index (κ1) is 21.9. The lowest BCUT2D eigenvalue weighted by atomic mass is 9.97. The Labute approximate surface area is 198 Å². The summed E-state index contributed by atoms with van der Waals surface area (Å²) in [6.07, 6.45) is 1.24. The Morgan fingerprint density at radius 2 is 1.62 bits per heavy atom. The highest BCUT2D eigenvalue weighted by Gasteiger charge is 2.26. The lowest BCUT2D eigenvalue weighted by molar-refractivity contribution is -0.142. The van der Waals surface area contributed by atoms with Crippen molar-refractivity contribution in [2.75, 3.05) is 24.6 Å². The fourth-order valence-electron chi connectivity index (χ4n) is 4.55. The van der Waals surface area contributed by atoms with Crippen molar-refractivity contribution in [3.8, 4) is 28.3 Å². The second-order valence-corrected chi connectivity index (χ2v) is 8.49. The van der Waals surface area contributed by atoms with Gasteiger partial charge in [0.1, 0.15) is 11.6 Å². The van der Waals surface area contributed by atoms with Crippen LogP contribution in [0.2, 0.25) is 0 Å². The number of hydrogen-bond acceptors (Lipinski definition) is 5. The first-order valence-corrected chi connectivity index (χ1v) is 11.7. The van der Waals surface area contributed by atoms with Crippen LogP contribution in [0, 0.1) is 5.92 Å². The number of anilines is 1. The minimum atomic E-state index is -0.709. The summed E-state index contributed by atoms with van der Waals surface area (Å²) < 4.78 is 5.79. The summed E-state index contributed by atoms with van der Waals surface area (Å²) in [5.41, 5.74) is 3.94. The quantitative estimate of drug-likeness (QED) is 0.406. The van der Waals surface area contributed by atoms with E-state index in [1.54, 1.807) is 0 Å². The van der Waals surface area contributed by atoms with Gasteiger partial charge in [-0.3, -0.25) is 4.79 Å². The molecule has 6 heteroatoms. The summed E-state index contributed by atoms with van der Waals surface area (Å²) in [5.74, 6) is 1.41. The summed E-state index contributed by atoms with van der Waals surface area (Å²) in [5, 5.41) is 10.3. The van der Waals surface area contributed by atoms with E-state index in [9.17, 15) is 9.90 Å². The van der Waals surface area contributed by atoms with Gasteiger partial charge in [-0.05, 0) is 43.5 Å². The highest BCUT2D eigenvalue weighted by atomic mass is 16.5. The van der Waals surface area contributed by atoms with Crippen LogP contribution in [0.5, 0.6) is 5.75 Å². The zero-order valence-corrected chi connectivity index (χ0v) is 19.1. The van der Waals surface area contributed by atoms with Crippen LogP contribution in [0.4, 0.5) is 5.82 Å². The maximum absolute atomic E-state index is 11.4. The van der Waals surface area contributed by atoms with Crippen molar-refractivity contribution in [1.82, 2.24) is 9.97 Å². The minimum absolute atomic E-state index is 0.282. The number of aliphatic carboxylic acids is 1. The average Bonchev–Trinajstić information content (AvgIpc) is 2.89. The van der Waals surface area contributed by atoms with Gasteiger partial charge in [0.25, 0.3) is 0 Å². The summed E-state index contributed by atoms with van der Waals surface area (Å²) >= 11 is 0. The van der Waals surface area contributed by atoms with Crippen molar-refractivity contribution in [2.24, 2.45) is 5.92 Å².